The number of benzene rings is 3. The van der Waals surface area contributed by atoms with Crippen molar-refractivity contribution < 1.29 is 23.8 Å². The predicted octanol–water partition coefficient (Wildman–Crippen LogP) is 6.45. The second-order valence-corrected chi connectivity index (χ2v) is 9.06. The zero-order valence-corrected chi connectivity index (χ0v) is 20.4. The fraction of sp³-hybridized carbons (Fsp3) is 0.276. The summed E-state index contributed by atoms with van der Waals surface area (Å²) >= 11 is 0. The van der Waals surface area contributed by atoms with Gasteiger partial charge in [0.05, 0.1) is 6.04 Å². The monoisotopic (exact) mass is 486 g/mol. The minimum Gasteiger partial charge on any atom is -0.491 e. The number of nitrogens with zero attached hydrogens (tertiary/aromatic N) is 1. The first-order chi connectivity index (χ1) is 17.4. The highest BCUT2D eigenvalue weighted by Crippen LogP contribution is 2.26. The summed E-state index contributed by atoms with van der Waals surface area (Å²) in [5, 5.41) is 12.2. The number of rotatable bonds is 12. The van der Waals surface area contributed by atoms with E-state index in [1.165, 1.54) is 0 Å². The van der Waals surface area contributed by atoms with Crippen LogP contribution in [0.5, 0.6) is 5.75 Å². The molecule has 1 aromatic heterocycles. The third kappa shape index (κ3) is 6.50. The van der Waals surface area contributed by atoms with Gasteiger partial charge in [0.1, 0.15) is 17.9 Å². The van der Waals surface area contributed by atoms with Crippen LogP contribution < -0.4 is 10.1 Å². The average molecular weight is 487 g/mol. The average Bonchev–Trinajstić information content (AvgIpc) is 3.31. The number of carbonyl (C=O) groups is 2. The van der Waals surface area contributed by atoms with Crippen LogP contribution in [0, 0.1) is 5.92 Å². The van der Waals surface area contributed by atoms with Gasteiger partial charge in [-0.1, -0.05) is 26.0 Å². The summed E-state index contributed by atoms with van der Waals surface area (Å²) in [4.78, 5) is 27.4. The Kier molecular flexibility index (Phi) is 8.00. The molecule has 0 amide bonds. The minimum atomic E-state index is -0.886. The maximum absolute atomic E-state index is 12.2. The molecule has 0 fully saturated rings. The Hall–Kier alpha value is -4.13. The standard InChI is InChI=1S/C29H30N2O5/c1-19(2)25(30-22-14-10-20(11-15-22)26(32)7-5-9-28(33)34)18-35-23-16-12-21(13-17-23)29-31-24-6-3-4-8-27(24)36-29/h3-4,6,8,10-17,19,25,30H,5,7,9,18H2,1-2H3,(H,33,34)/t25-/m1/s1. The van der Waals surface area contributed by atoms with Crippen molar-refractivity contribution in [1.82, 2.24) is 4.98 Å². The van der Waals surface area contributed by atoms with Crippen LogP contribution in [-0.4, -0.2) is 34.5 Å². The van der Waals surface area contributed by atoms with E-state index < -0.39 is 5.97 Å². The lowest BCUT2D eigenvalue weighted by atomic mass is 10.0. The van der Waals surface area contributed by atoms with Crippen LogP contribution in [0.3, 0.4) is 0 Å². The fourth-order valence-electron chi connectivity index (χ4n) is 3.79. The molecule has 186 valence electrons. The molecule has 7 heteroatoms. The molecule has 0 unspecified atom stereocenters. The number of para-hydroxylation sites is 2. The number of anilines is 1. The number of aliphatic carboxylic acids is 1. The number of carboxylic acids is 1. The molecule has 4 aromatic rings. The van der Waals surface area contributed by atoms with Gasteiger partial charge in [-0.25, -0.2) is 4.98 Å². The highest BCUT2D eigenvalue weighted by molar-refractivity contribution is 5.96. The SMILES string of the molecule is CC(C)[C@@H](COc1ccc(-c2nc3ccccc3o2)cc1)Nc1ccc(C(=O)CCCC(=O)O)cc1. The summed E-state index contributed by atoms with van der Waals surface area (Å²) in [7, 11) is 0. The summed E-state index contributed by atoms with van der Waals surface area (Å²) in [6.07, 6.45) is 0.574. The van der Waals surface area contributed by atoms with Gasteiger partial charge in [-0.2, -0.15) is 0 Å². The molecule has 1 heterocycles. The molecule has 0 saturated carbocycles. The van der Waals surface area contributed by atoms with Gasteiger partial charge in [0.25, 0.3) is 0 Å². The number of aromatic nitrogens is 1. The molecule has 0 aliphatic rings. The Morgan fingerprint density at radius 1 is 0.972 bits per heavy atom. The van der Waals surface area contributed by atoms with Crippen molar-refractivity contribution in [3.63, 3.8) is 0 Å². The third-order valence-electron chi connectivity index (χ3n) is 5.98. The zero-order chi connectivity index (χ0) is 25.5. The Bertz CT molecular complexity index is 1280. The summed E-state index contributed by atoms with van der Waals surface area (Å²) < 4.78 is 11.9. The zero-order valence-electron chi connectivity index (χ0n) is 20.4. The normalized spacial score (nSPS) is 12.0. The van der Waals surface area contributed by atoms with Gasteiger partial charge in [-0.3, -0.25) is 9.59 Å². The van der Waals surface area contributed by atoms with Gasteiger partial charge >= 0.3 is 5.97 Å². The molecule has 3 aromatic carbocycles. The van der Waals surface area contributed by atoms with Crippen molar-refractivity contribution in [3.05, 3.63) is 78.4 Å². The van der Waals surface area contributed by atoms with E-state index in [0.717, 1.165) is 28.1 Å². The highest BCUT2D eigenvalue weighted by Gasteiger charge is 2.15. The fourth-order valence-corrected chi connectivity index (χ4v) is 3.79. The Morgan fingerprint density at radius 2 is 1.69 bits per heavy atom. The molecule has 36 heavy (non-hydrogen) atoms. The topological polar surface area (TPSA) is 102 Å². The lowest BCUT2D eigenvalue weighted by Gasteiger charge is -2.24. The number of carbonyl (C=O) groups excluding carboxylic acids is 1. The maximum atomic E-state index is 12.2. The number of hydrogen-bond donors (Lipinski definition) is 2. The van der Waals surface area contributed by atoms with Crippen LogP contribution in [0.1, 0.15) is 43.5 Å². The molecule has 0 spiro atoms. The molecule has 4 rings (SSSR count). The molecule has 0 saturated heterocycles. The van der Waals surface area contributed by atoms with E-state index in [4.69, 9.17) is 14.3 Å². The van der Waals surface area contributed by atoms with E-state index in [-0.39, 0.29) is 24.7 Å². The van der Waals surface area contributed by atoms with Crippen LogP contribution >= 0.6 is 0 Å². The summed E-state index contributed by atoms with van der Waals surface area (Å²) in [5.74, 6) is 0.704. The molecule has 2 N–H and O–H groups in total. The molecule has 0 radical (unpaired) electrons. The summed E-state index contributed by atoms with van der Waals surface area (Å²) in [6, 6.07) is 22.7. The number of oxazole rings is 1. The molecule has 0 aliphatic heterocycles. The molecular formula is C29H30N2O5. The largest absolute Gasteiger partial charge is 0.491 e. The number of nitrogens with one attached hydrogen (secondary N) is 1. The highest BCUT2D eigenvalue weighted by atomic mass is 16.5. The Labute approximate surface area is 210 Å². The van der Waals surface area contributed by atoms with E-state index in [2.05, 4.69) is 24.1 Å². The first-order valence-corrected chi connectivity index (χ1v) is 12.1. The van der Waals surface area contributed by atoms with Gasteiger partial charge < -0.3 is 19.6 Å². The molecule has 0 bridgehead atoms. The second-order valence-electron chi connectivity index (χ2n) is 9.06. The van der Waals surface area contributed by atoms with Crippen molar-refractivity contribution in [2.75, 3.05) is 11.9 Å². The first-order valence-electron chi connectivity index (χ1n) is 12.1. The lowest BCUT2D eigenvalue weighted by molar-refractivity contribution is -0.137. The van der Waals surface area contributed by atoms with E-state index in [9.17, 15) is 9.59 Å². The maximum Gasteiger partial charge on any atom is 0.303 e. The van der Waals surface area contributed by atoms with Crippen LogP contribution in [-0.2, 0) is 4.79 Å². The Morgan fingerprint density at radius 3 is 2.36 bits per heavy atom. The number of ether oxygens (including phenoxy) is 1. The first kappa shape index (κ1) is 25.0. The smallest absolute Gasteiger partial charge is 0.303 e. The van der Waals surface area contributed by atoms with Gasteiger partial charge in [0.15, 0.2) is 11.4 Å². The number of hydrogen-bond acceptors (Lipinski definition) is 6. The van der Waals surface area contributed by atoms with Crippen LogP contribution in [0.4, 0.5) is 5.69 Å². The van der Waals surface area contributed by atoms with Crippen LogP contribution in [0.2, 0.25) is 0 Å². The minimum absolute atomic E-state index is 0.000960. The van der Waals surface area contributed by atoms with Gasteiger partial charge in [-0.05, 0) is 73.0 Å². The van der Waals surface area contributed by atoms with Crippen LogP contribution in [0.15, 0.2) is 77.2 Å². The third-order valence-corrected chi connectivity index (χ3v) is 5.98. The summed E-state index contributed by atoms with van der Waals surface area (Å²) in [5.41, 5.74) is 3.95. The van der Waals surface area contributed by atoms with Gasteiger partial charge in [0.2, 0.25) is 5.89 Å². The van der Waals surface area contributed by atoms with Gasteiger partial charge in [0, 0.05) is 29.7 Å². The van der Waals surface area contributed by atoms with Crippen molar-refractivity contribution >= 4 is 28.5 Å². The molecule has 0 aliphatic carbocycles. The van der Waals surface area contributed by atoms with Crippen molar-refractivity contribution in [1.29, 1.82) is 0 Å². The number of Topliss-reactive ketones (excluding diaryl/α,β-unsaturated/α-hetero) is 1. The molecule has 7 nitrogen and oxygen atoms in total. The van der Waals surface area contributed by atoms with E-state index in [1.54, 1.807) is 12.1 Å². The molecule has 1 atom stereocenters. The quantitative estimate of drug-likeness (QED) is 0.222. The number of ketones is 1. The number of carboxylic acid groups (broad SMARTS) is 1. The van der Waals surface area contributed by atoms with Crippen molar-refractivity contribution in [2.24, 2.45) is 5.92 Å². The lowest BCUT2D eigenvalue weighted by Crippen LogP contribution is -2.32. The second kappa shape index (κ2) is 11.5. The van der Waals surface area contributed by atoms with E-state index in [0.29, 0.717) is 30.4 Å². The Balaban J connectivity index is 1.32. The molecular weight excluding hydrogens is 456 g/mol. The van der Waals surface area contributed by atoms with E-state index >= 15 is 0 Å². The predicted molar refractivity (Wildman–Crippen MR) is 139 cm³/mol. The summed E-state index contributed by atoms with van der Waals surface area (Å²) in [6.45, 7) is 4.71. The van der Waals surface area contributed by atoms with E-state index in [1.807, 2.05) is 60.7 Å². The number of fused-ring (bicyclic) bond motifs is 1. The van der Waals surface area contributed by atoms with Gasteiger partial charge in [-0.15, -0.1) is 0 Å². The van der Waals surface area contributed by atoms with Crippen molar-refractivity contribution in [3.8, 4) is 17.2 Å². The van der Waals surface area contributed by atoms with Crippen molar-refractivity contribution in [2.45, 2.75) is 39.2 Å². The van der Waals surface area contributed by atoms with Crippen LogP contribution in [0.25, 0.3) is 22.6 Å².